The monoisotopic (exact) mass is 489 g/mol. The molecular formula is C33H31NO3. The van der Waals surface area contributed by atoms with Crippen molar-refractivity contribution in [3.63, 3.8) is 0 Å². The highest BCUT2D eigenvalue weighted by atomic mass is 16.5. The second-order valence-corrected chi connectivity index (χ2v) is 9.26. The minimum absolute atomic E-state index is 0.0314. The summed E-state index contributed by atoms with van der Waals surface area (Å²) < 4.78 is 6.46. The second-order valence-electron chi connectivity index (χ2n) is 9.26. The summed E-state index contributed by atoms with van der Waals surface area (Å²) in [6.45, 7) is 7.67. The first-order valence-corrected chi connectivity index (χ1v) is 12.8. The van der Waals surface area contributed by atoms with Gasteiger partial charge in [0, 0.05) is 17.7 Å². The fourth-order valence-electron chi connectivity index (χ4n) is 5.02. The van der Waals surface area contributed by atoms with Crippen LogP contribution in [-0.4, -0.2) is 29.4 Å². The van der Waals surface area contributed by atoms with Gasteiger partial charge in [-0.3, -0.25) is 9.69 Å². The van der Waals surface area contributed by atoms with E-state index >= 15 is 0 Å². The summed E-state index contributed by atoms with van der Waals surface area (Å²) in [7, 11) is 0. The van der Waals surface area contributed by atoms with Gasteiger partial charge < -0.3 is 9.84 Å². The van der Waals surface area contributed by atoms with Gasteiger partial charge in [-0.15, -0.1) is 0 Å². The van der Waals surface area contributed by atoms with E-state index < -0.39 is 0 Å². The van der Waals surface area contributed by atoms with E-state index in [1.807, 2.05) is 60.7 Å². The van der Waals surface area contributed by atoms with Crippen molar-refractivity contribution in [3.05, 3.63) is 108 Å². The van der Waals surface area contributed by atoms with Crippen molar-refractivity contribution in [2.24, 2.45) is 0 Å². The Morgan fingerprint density at radius 1 is 0.757 bits per heavy atom. The van der Waals surface area contributed by atoms with E-state index in [0.29, 0.717) is 24.2 Å². The number of carbonyl (C=O) groups excluding carboxylic acids is 1. The quantitative estimate of drug-likeness (QED) is 0.217. The van der Waals surface area contributed by atoms with Gasteiger partial charge >= 0.3 is 0 Å². The van der Waals surface area contributed by atoms with E-state index in [1.54, 1.807) is 6.07 Å². The number of hydrogen-bond donors (Lipinski definition) is 1. The van der Waals surface area contributed by atoms with E-state index in [2.05, 4.69) is 43.0 Å². The molecule has 0 aliphatic heterocycles. The third-order valence-corrected chi connectivity index (χ3v) is 7.01. The van der Waals surface area contributed by atoms with Crippen LogP contribution < -0.4 is 4.74 Å². The summed E-state index contributed by atoms with van der Waals surface area (Å²) in [6, 6.07) is 30.1. The SMILES string of the molecule is CCN(CC)Cc1cccc(COc2ccc3ccccc3c2-c2c(O)c(C=O)cc3ccccc23)c1. The molecule has 186 valence electrons. The fraction of sp³-hybridized carbons (Fsp3) is 0.182. The molecule has 5 aromatic rings. The van der Waals surface area contributed by atoms with Crippen molar-refractivity contribution in [2.45, 2.75) is 27.0 Å². The second kappa shape index (κ2) is 10.9. The topological polar surface area (TPSA) is 49.8 Å². The van der Waals surface area contributed by atoms with Gasteiger partial charge in [-0.25, -0.2) is 0 Å². The summed E-state index contributed by atoms with van der Waals surface area (Å²) in [5.74, 6) is 0.632. The van der Waals surface area contributed by atoms with Crippen molar-refractivity contribution >= 4 is 27.8 Å². The van der Waals surface area contributed by atoms with Crippen LogP contribution in [0.3, 0.4) is 0 Å². The minimum Gasteiger partial charge on any atom is -0.507 e. The van der Waals surface area contributed by atoms with Crippen LogP contribution in [0, 0.1) is 0 Å². The minimum atomic E-state index is -0.0314. The highest BCUT2D eigenvalue weighted by Gasteiger charge is 2.20. The Labute approximate surface area is 217 Å². The molecule has 5 aromatic carbocycles. The zero-order valence-corrected chi connectivity index (χ0v) is 21.3. The number of benzene rings is 5. The summed E-state index contributed by atoms with van der Waals surface area (Å²) in [5.41, 5.74) is 4.00. The number of phenolic OH excluding ortho intramolecular Hbond substituents is 1. The van der Waals surface area contributed by atoms with Crippen LogP contribution >= 0.6 is 0 Å². The van der Waals surface area contributed by atoms with Gasteiger partial charge in [0.2, 0.25) is 0 Å². The van der Waals surface area contributed by atoms with Gasteiger partial charge in [0.25, 0.3) is 0 Å². The molecule has 0 heterocycles. The van der Waals surface area contributed by atoms with Crippen LogP contribution in [0.1, 0.15) is 35.3 Å². The Bertz CT molecular complexity index is 1570. The number of aromatic hydroxyl groups is 1. The van der Waals surface area contributed by atoms with Gasteiger partial charge in [0.1, 0.15) is 18.1 Å². The zero-order chi connectivity index (χ0) is 25.8. The number of fused-ring (bicyclic) bond motifs is 2. The van der Waals surface area contributed by atoms with Gasteiger partial charge in [-0.1, -0.05) is 92.7 Å². The molecule has 0 saturated carbocycles. The molecule has 0 unspecified atom stereocenters. The van der Waals surface area contributed by atoms with Gasteiger partial charge in [-0.05, 0) is 57.9 Å². The molecule has 5 rings (SSSR count). The lowest BCUT2D eigenvalue weighted by molar-refractivity contribution is 0.112. The Balaban J connectivity index is 1.61. The number of nitrogens with zero attached hydrogens (tertiary/aromatic N) is 1. The normalized spacial score (nSPS) is 11.3. The number of carbonyl (C=O) groups is 1. The summed E-state index contributed by atoms with van der Waals surface area (Å²) in [6.07, 6.45) is 0.707. The smallest absolute Gasteiger partial charge is 0.153 e. The number of phenols is 1. The average Bonchev–Trinajstić information content (AvgIpc) is 2.94. The largest absolute Gasteiger partial charge is 0.507 e. The lowest BCUT2D eigenvalue weighted by Crippen LogP contribution is -2.22. The summed E-state index contributed by atoms with van der Waals surface area (Å²) >= 11 is 0. The molecular weight excluding hydrogens is 458 g/mol. The maximum Gasteiger partial charge on any atom is 0.153 e. The van der Waals surface area contributed by atoms with Crippen molar-refractivity contribution < 1.29 is 14.6 Å². The maximum atomic E-state index is 11.9. The van der Waals surface area contributed by atoms with Crippen LogP contribution in [-0.2, 0) is 13.2 Å². The third kappa shape index (κ3) is 4.93. The lowest BCUT2D eigenvalue weighted by atomic mass is 9.90. The van der Waals surface area contributed by atoms with Crippen LogP contribution in [0.2, 0.25) is 0 Å². The summed E-state index contributed by atoms with van der Waals surface area (Å²) in [4.78, 5) is 14.3. The van der Waals surface area contributed by atoms with Gasteiger partial charge in [-0.2, -0.15) is 0 Å². The van der Waals surface area contributed by atoms with Crippen molar-refractivity contribution in [1.82, 2.24) is 4.90 Å². The van der Waals surface area contributed by atoms with E-state index in [9.17, 15) is 9.90 Å². The van der Waals surface area contributed by atoms with Crippen molar-refractivity contribution in [1.29, 1.82) is 0 Å². The number of aldehydes is 1. The van der Waals surface area contributed by atoms with Crippen molar-refractivity contribution in [2.75, 3.05) is 13.1 Å². The molecule has 0 bridgehead atoms. The molecule has 0 saturated heterocycles. The molecule has 1 N–H and O–H groups in total. The number of ether oxygens (including phenoxy) is 1. The van der Waals surface area contributed by atoms with Crippen LogP contribution in [0.5, 0.6) is 11.5 Å². The fourth-order valence-corrected chi connectivity index (χ4v) is 5.02. The molecule has 37 heavy (non-hydrogen) atoms. The van der Waals surface area contributed by atoms with E-state index in [1.165, 1.54) is 5.56 Å². The van der Waals surface area contributed by atoms with Crippen LogP contribution in [0.15, 0.2) is 91.0 Å². The first-order chi connectivity index (χ1) is 18.1. The predicted molar refractivity (Wildman–Crippen MR) is 151 cm³/mol. The molecule has 4 heteroatoms. The Hall–Kier alpha value is -4.15. The Morgan fingerprint density at radius 3 is 2.16 bits per heavy atom. The predicted octanol–water partition coefficient (Wildman–Crippen LogP) is 7.60. The molecule has 0 amide bonds. The molecule has 0 aromatic heterocycles. The highest BCUT2D eigenvalue weighted by Crippen LogP contribution is 2.46. The Kier molecular flexibility index (Phi) is 7.20. The maximum absolute atomic E-state index is 11.9. The lowest BCUT2D eigenvalue weighted by Gasteiger charge is -2.19. The van der Waals surface area contributed by atoms with Crippen LogP contribution in [0.25, 0.3) is 32.7 Å². The first-order valence-electron chi connectivity index (χ1n) is 12.8. The standard InChI is InChI=1S/C33H31NO3/c1-3-34(4-2)20-23-10-9-11-24(18-23)22-37-30-17-16-25-12-5-7-14-28(25)31(30)32-29-15-8-6-13-26(29)19-27(21-35)33(32)36/h5-19,21,36H,3-4,20,22H2,1-2H3. The first kappa shape index (κ1) is 24.5. The number of hydrogen-bond acceptors (Lipinski definition) is 4. The van der Waals surface area contributed by atoms with Gasteiger partial charge in [0.05, 0.1) is 5.56 Å². The Morgan fingerprint density at radius 2 is 1.43 bits per heavy atom. The van der Waals surface area contributed by atoms with Crippen LogP contribution in [0.4, 0.5) is 0 Å². The molecule has 0 atom stereocenters. The third-order valence-electron chi connectivity index (χ3n) is 7.01. The van der Waals surface area contributed by atoms with Crippen molar-refractivity contribution in [3.8, 4) is 22.6 Å². The van der Waals surface area contributed by atoms with E-state index in [-0.39, 0.29) is 11.3 Å². The number of rotatable bonds is 9. The average molecular weight is 490 g/mol. The molecule has 0 radical (unpaired) electrons. The highest BCUT2D eigenvalue weighted by molar-refractivity contribution is 6.11. The summed E-state index contributed by atoms with van der Waals surface area (Å²) in [5, 5.41) is 15.0. The molecule has 0 spiro atoms. The van der Waals surface area contributed by atoms with E-state index in [4.69, 9.17) is 4.74 Å². The molecule has 0 aliphatic carbocycles. The van der Waals surface area contributed by atoms with E-state index in [0.717, 1.165) is 52.3 Å². The molecule has 0 fully saturated rings. The zero-order valence-electron chi connectivity index (χ0n) is 21.3. The molecule has 4 nitrogen and oxygen atoms in total. The van der Waals surface area contributed by atoms with Gasteiger partial charge in [0.15, 0.2) is 6.29 Å². The molecule has 0 aliphatic rings.